The predicted octanol–water partition coefficient (Wildman–Crippen LogP) is 0.408. The summed E-state index contributed by atoms with van der Waals surface area (Å²) in [6.07, 6.45) is 0.526. The lowest BCUT2D eigenvalue weighted by atomic mass is 10.2. The SMILES string of the molecule is Cc1ccc(C)n1CC(=O)NC1CCS(=O)(=O)C1. The highest BCUT2D eigenvalue weighted by Crippen LogP contribution is 2.12. The second-order valence-corrected chi connectivity index (χ2v) is 7.10. The van der Waals surface area contributed by atoms with Crippen molar-refractivity contribution in [3.05, 3.63) is 23.5 Å². The summed E-state index contributed by atoms with van der Waals surface area (Å²) >= 11 is 0. The molecule has 1 aliphatic rings. The molecule has 0 aliphatic carbocycles. The molecule has 1 unspecified atom stereocenters. The quantitative estimate of drug-likeness (QED) is 0.865. The maximum atomic E-state index is 11.9. The molecule has 0 saturated carbocycles. The van der Waals surface area contributed by atoms with Gasteiger partial charge < -0.3 is 9.88 Å². The average molecular weight is 270 g/mol. The number of rotatable bonds is 3. The van der Waals surface area contributed by atoms with E-state index in [1.807, 2.05) is 30.5 Å². The van der Waals surface area contributed by atoms with E-state index in [2.05, 4.69) is 5.32 Å². The molecule has 18 heavy (non-hydrogen) atoms. The largest absolute Gasteiger partial charge is 0.351 e. The van der Waals surface area contributed by atoms with Crippen LogP contribution in [0.5, 0.6) is 0 Å². The Hall–Kier alpha value is -1.30. The summed E-state index contributed by atoms with van der Waals surface area (Å²) in [7, 11) is -2.94. The molecule has 1 atom stereocenters. The van der Waals surface area contributed by atoms with Gasteiger partial charge in [-0.05, 0) is 32.4 Å². The highest BCUT2D eigenvalue weighted by atomic mass is 32.2. The number of aromatic nitrogens is 1. The molecule has 1 fully saturated rings. The summed E-state index contributed by atoms with van der Waals surface area (Å²) < 4.78 is 24.5. The Morgan fingerprint density at radius 1 is 1.39 bits per heavy atom. The zero-order chi connectivity index (χ0) is 13.3. The normalized spacial score (nSPS) is 22.0. The second kappa shape index (κ2) is 4.76. The number of sulfone groups is 1. The van der Waals surface area contributed by atoms with Crippen LogP contribution in [0.1, 0.15) is 17.8 Å². The predicted molar refractivity (Wildman–Crippen MR) is 69.1 cm³/mol. The molecule has 6 heteroatoms. The van der Waals surface area contributed by atoms with E-state index in [-0.39, 0.29) is 30.0 Å². The first kappa shape index (κ1) is 13.1. The minimum absolute atomic E-state index is 0.0718. The minimum atomic E-state index is -2.94. The van der Waals surface area contributed by atoms with E-state index in [9.17, 15) is 13.2 Å². The first-order chi connectivity index (χ1) is 8.37. The number of hydrogen-bond donors (Lipinski definition) is 1. The zero-order valence-corrected chi connectivity index (χ0v) is 11.5. The van der Waals surface area contributed by atoms with Gasteiger partial charge >= 0.3 is 0 Å². The van der Waals surface area contributed by atoms with E-state index in [0.717, 1.165) is 11.4 Å². The maximum Gasteiger partial charge on any atom is 0.240 e. The van der Waals surface area contributed by atoms with E-state index < -0.39 is 9.84 Å². The highest BCUT2D eigenvalue weighted by Gasteiger charge is 2.28. The molecule has 1 saturated heterocycles. The van der Waals surface area contributed by atoms with Crippen LogP contribution in [0.25, 0.3) is 0 Å². The molecule has 5 nitrogen and oxygen atoms in total. The van der Waals surface area contributed by atoms with E-state index in [4.69, 9.17) is 0 Å². The van der Waals surface area contributed by atoms with Gasteiger partial charge in [-0.15, -0.1) is 0 Å². The molecule has 0 aromatic carbocycles. The van der Waals surface area contributed by atoms with Gasteiger partial charge in [0.1, 0.15) is 6.54 Å². The van der Waals surface area contributed by atoms with Crippen molar-refractivity contribution in [3.8, 4) is 0 Å². The fourth-order valence-corrected chi connectivity index (χ4v) is 3.95. The Bertz CT molecular complexity index is 540. The first-order valence-corrected chi connectivity index (χ1v) is 7.82. The summed E-state index contributed by atoms with van der Waals surface area (Å²) in [4.78, 5) is 11.9. The van der Waals surface area contributed by atoms with Crippen molar-refractivity contribution in [1.29, 1.82) is 0 Å². The lowest BCUT2D eigenvalue weighted by molar-refractivity contribution is -0.122. The molecule has 2 heterocycles. The van der Waals surface area contributed by atoms with Gasteiger partial charge in [-0.3, -0.25) is 4.79 Å². The van der Waals surface area contributed by atoms with E-state index in [0.29, 0.717) is 6.42 Å². The minimum Gasteiger partial charge on any atom is -0.351 e. The van der Waals surface area contributed by atoms with Gasteiger partial charge in [0.2, 0.25) is 5.91 Å². The molecule has 100 valence electrons. The molecule has 1 aliphatic heterocycles. The maximum absolute atomic E-state index is 11.9. The van der Waals surface area contributed by atoms with Crippen LogP contribution in [0.15, 0.2) is 12.1 Å². The van der Waals surface area contributed by atoms with Crippen LogP contribution < -0.4 is 5.32 Å². The Morgan fingerprint density at radius 2 is 2.00 bits per heavy atom. The highest BCUT2D eigenvalue weighted by molar-refractivity contribution is 7.91. The fourth-order valence-electron chi connectivity index (χ4n) is 2.27. The standard InChI is InChI=1S/C12H18N2O3S/c1-9-3-4-10(2)14(9)7-12(15)13-11-5-6-18(16,17)8-11/h3-4,11H,5-8H2,1-2H3,(H,13,15). The molecular weight excluding hydrogens is 252 g/mol. The number of carbonyl (C=O) groups excluding carboxylic acids is 1. The monoisotopic (exact) mass is 270 g/mol. The molecule has 0 spiro atoms. The van der Waals surface area contributed by atoms with Crippen molar-refractivity contribution in [2.75, 3.05) is 11.5 Å². The first-order valence-electron chi connectivity index (χ1n) is 6.00. The second-order valence-electron chi connectivity index (χ2n) is 4.87. The molecule has 0 bridgehead atoms. The van der Waals surface area contributed by atoms with Crippen molar-refractivity contribution in [1.82, 2.24) is 9.88 Å². The third kappa shape index (κ3) is 2.93. The van der Waals surface area contributed by atoms with Crippen LogP contribution in [0.4, 0.5) is 0 Å². The van der Waals surface area contributed by atoms with Gasteiger partial charge in [-0.2, -0.15) is 0 Å². The van der Waals surface area contributed by atoms with Gasteiger partial charge in [0, 0.05) is 17.4 Å². The third-order valence-corrected chi connectivity index (χ3v) is 5.08. The van der Waals surface area contributed by atoms with Gasteiger partial charge in [-0.1, -0.05) is 0 Å². The van der Waals surface area contributed by atoms with Gasteiger partial charge in [0.25, 0.3) is 0 Å². The van der Waals surface area contributed by atoms with Crippen molar-refractivity contribution in [2.24, 2.45) is 0 Å². The van der Waals surface area contributed by atoms with Crippen LogP contribution in [0.3, 0.4) is 0 Å². The van der Waals surface area contributed by atoms with Gasteiger partial charge in [0.15, 0.2) is 9.84 Å². The number of amides is 1. The lowest BCUT2D eigenvalue weighted by Gasteiger charge is -2.13. The molecule has 0 radical (unpaired) electrons. The zero-order valence-electron chi connectivity index (χ0n) is 10.6. The Labute approximate surface area is 107 Å². The fraction of sp³-hybridized carbons (Fsp3) is 0.583. The molecular formula is C12H18N2O3S. The van der Waals surface area contributed by atoms with Crippen molar-refractivity contribution < 1.29 is 13.2 Å². The van der Waals surface area contributed by atoms with E-state index in [1.165, 1.54) is 0 Å². The molecule has 1 aromatic heterocycles. The molecule has 2 rings (SSSR count). The van der Waals surface area contributed by atoms with Crippen molar-refractivity contribution in [3.63, 3.8) is 0 Å². The summed E-state index contributed by atoms with van der Waals surface area (Å²) in [5.41, 5.74) is 2.06. The van der Waals surface area contributed by atoms with Crippen LogP contribution in [0, 0.1) is 13.8 Å². The molecule has 1 aromatic rings. The summed E-state index contributed by atoms with van der Waals surface area (Å²) in [5.74, 6) is 0.126. The topological polar surface area (TPSA) is 68.2 Å². The number of aryl methyl sites for hydroxylation is 2. The lowest BCUT2D eigenvalue weighted by Crippen LogP contribution is -2.38. The Balaban J connectivity index is 1.94. The summed E-state index contributed by atoms with van der Waals surface area (Å²) in [6, 6.07) is 3.70. The van der Waals surface area contributed by atoms with Gasteiger partial charge in [0.05, 0.1) is 11.5 Å². The van der Waals surface area contributed by atoms with Crippen molar-refractivity contribution in [2.45, 2.75) is 32.9 Å². The van der Waals surface area contributed by atoms with Crippen LogP contribution in [0.2, 0.25) is 0 Å². The number of nitrogens with zero attached hydrogens (tertiary/aromatic N) is 1. The third-order valence-electron chi connectivity index (χ3n) is 3.32. The number of hydrogen-bond acceptors (Lipinski definition) is 3. The van der Waals surface area contributed by atoms with Crippen LogP contribution in [-0.2, 0) is 21.2 Å². The summed E-state index contributed by atoms with van der Waals surface area (Å²) in [6.45, 7) is 4.14. The van der Waals surface area contributed by atoms with E-state index >= 15 is 0 Å². The van der Waals surface area contributed by atoms with Crippen LogP contribution >= 0.6 is 0 Å². The molecule has 1 amide bonds. The Kier molecular flexibility index (Phi) is 3.47. The summed E-state index contributed by atoms with van der Waals surface area (Å²) in [5, 5.41) is 2.79. The number of nitrogens with one attached hydrogen (secondary N) is 1. The smallest absolute Gasteiger partial charge is 0.240 e. The molecule has 1 N–H and O–H groups in total. The Morgan fingerprint density at radius 3 is 2.50 bits per heavy atom. The van der Waals surface area contributed by atoms with Crippen molar-refractivity contribution >= 4 is 15.7 Å². The van der Waals surface area contributed by atoms with Gasteiger partial charge in [-0.25, -0.2) is 8.42 Å². The number of carbonyl (C=O) groups is 1. The average Bonchev–Trinajstić information content (AvgIpc) is 2.75. The van der Waals surface area contributed by atoms with Crippen LogP contribution in [-0.4, -0.2) is 36.4 Å². The van der Waals surface area contributed by atoms with E-state index in [1.54, 1.807) is 0 Å².